The van der Waals surface area contributed by atoms with Gasteiger partial charge in [-0.25, -0.2) is 15.0 Å². The minimum Gasteiger partial charge on any atom is -0.493 e. The molecule has 1 saturated carbocycles. The van der Waals surface area contributed by atoms with Gasteiger partial charge in [-0.1, -0.05) is 0 Å². The van der Waals surface area contributed by atoms with Crippen LogP contribution >= 0.6 is 0 Å². The molecule has 10 nitrogen and oxygen atoms in total. The van der Waals surface area contributed by atoms with E-state index in [9.17, 15) is 4.79 Å². The summed E-state index contributed by atoms with van der Waals surface area (Å²) >= 11 is 0. The summed E-state index contributed by atoms with van der Waals surface area (Å²) in [5.74, 6) is 2.30. The minimum atomic E-state index is -0.314. The zero-order valence-corrected chi connectivity index (χ0v) is 19.9. The molecule has 1 aliphatic heterocycles. The van der Waals surface area contributed by atoms with Crippen molar-refractivity contribution in [2.75, 3.05) is 44.1 Å². The molecule has 2 fully saturated rings. The van der Waals surface area contributed by atoms with Gasteiger partial charge in [0.05, 0.1) is 38.2 Å². The summed E-state index contributed by atoms with van der Waals surface area (Å²) in [5.41, 5.74) is 1.50. The molecule has 1 aliphatic carbocycles. The molecular weight excluding hydrogens is 450 g/mol. The molecule has 1 atom stereocenters. The molecule has 1 unspecified atom stereocenters. The van der Waals surface area contributed by atoms with Gasteiger partial charge < -0.3 is 29.2 Å². The Kier molecular flexibility index (Phi) is 6.69. The van der Waals surface area contributed by atoms with Gasteiger partial charge in [-0.15, -0.1) is 0 Å². The number of pyridine rings is 1. The fraction of sp³-hybridized carbons (Fsp3) is 0.440. The maximum atomic E-state index is 12.4. The van der Waals surface area contributed by atoms with Crippen LogP contribution in [0.2, 0.25) is 0 Å². The van der Waals surface area contributed by atoms with Crippen LogP contribution in [0, 0.1) is 0 Å². The predicted octanol–water partition coefficient (Wildman–Crippen LogP) is 3.21. The number of methoxy groups -OCH3 is 2. The molecule has 5 rings (SSSR count). The monoisotopic (exact) mass is 479 g/mol. The molecule has 0 amide bonds. The average molecular weight is 480 g/mol. The molecule has 2 aliphatic rings. The van der Waals surface area contributed by atoms with E-state index in [4.69, 9.17) is 18.9 Å². The zero-order valence-electron chi connectivity index (χ0n) is 19.9. The first-order valence-corrected chi connectivity index (χ1v) is 11.8. The second-order valence-corrected chi connectivity index (χ2v) is 8.68. The van der Waals surface area contributed by atoms with Gasteiger partial charge in [0.2, 0.25) is 5.88 Å². The molecule has 2 aromatic heterocycles. The highest BCUT2D eigenvalue weighted by Crippen LogP contribution is 2.35. The van der Waals surface area contributed by atoms with E-state index >= 15 is 0 Å². The molecule has 0 spiro atoms. The number of carbonyl (C=O) groups excluding carboxylic acids is 1. The lowest BCUT2D eigenvalue weighted by molar-refractivity contribution is -0.145. The van der Waals surface area contributed by atoms with Crippen molar-refractivity contribution in [1.82, 2.24) is 15.0 Å². The second kappa shape index (κ2) is 10.2. The summed E-state index contributed by atoms with van der Waals surface area (Å²) in [7, 11) is 3.19. The van der Waals surface area contributed by atoms with Crippen molar-refractivity contribution in [2.45, 2.75) is 37.9 Å². The van der Waals surface area contributed by atoms with Crippen LogP contribution in [0.1, 0.15) is 25.7 Å². The predicted molar refractivity (Wildman–Crippen MR) is 130 cm³/mol. The number of esters is 1. The standard InChI is InChI=1S/C25H29N5O5/c1-32-21-10-19-20(11-22(21)33-2)28-15-29-25(19)30-9-8-18(14-30)35-24(31)13-26-16-6-7-23(27-12-16)34-17-4-3-5-17/h6-7,10-12,15,17-18,26H,3-5,8-9,13-14H2,1-2H3. The van der Waals surface area contributed by atoms with E-state index in [1.807, 2.05) is 24.3 Å². The SMILES string of the molecule is COc1cc2ncnc(N3CCC(OC(=O)CNc4ccc(OC5CCC5)nc4)C3)c2cc1OC. The van der Waals surface area contributed by atoms with E-state index in [0.717, 1.165) is 48.2 Å². The van der Waals surface area contributed by atoms with Crippen LogP contribution in [0.3, 0.4) is 0 Å². The maximum Gasteiger partial charge on any atom is 0.325 e. The molecule has 10 heteroatoms. The fourth-order valence-corrected chi connectivity index (χ4v) is 4.25. The second-order valence-electron chi connectivity index (χ2n) is 8.68. The van der Waals surface area contributed by atoms with Crippen molar-refractivity contribution in [3.05, 3.63) is 36.8 Å². The zero-order chi connectivity index (χ0) is 24.2. The number of nitrogens with one attached hydrogen (secondary N) is 1. The van der Waals surface area contributed by atoms with Gasteiger partial charge in [-0.3, -0.25) is 4.79 Å². The number of fused-ring (bicyclic) bond motifs is 1. The smallest absolute Gasteiger partial charge is 0.325 e. The molecule has 1 N–H and O–H groups in total. The molecule has 1 saturated heterocycles. The summed E-state index contributed by atoms with van der Waals surface area (Å²) in [4.78, 5) is 27.7. The molecule has 0 radical (unpaired) electrons. The van der Waals surface area contributed by atoms with Gasteiger partial charge in [0.15, 0.2) is 11.5 Å². The third-order valence-corrected chi connectivity index (χ3v) is 6.38. The Bertz CT molecular complexity index is 1180. The Morgan fingerprint density at radius 3 is 2.60 bits per heavy atom. The number of hydrogen-bond acceptors (Lipinski definition) is 10. The number of nitrogens with zero attached hydrogens (tertiary/aromatic N) is 4. The lowest BCUT2D eigenvalue weighted by Gasteiger charge is -2.25. The van der Waals surface area contributed by atoms with Gasteiger partial charge >= 0.3 is 5.97 Å². The molecule has 3 heterocycles. The highest BCUT2D eigenvalue weighted by atomic mass is 16.5. The Hall–Kier alpha value is -3.82. The first-order chi connectivity index (χ1) is 17.1. The lowest BCUT2D eigenvalue weighted by Crippen LogP contribution is -2.28. The largest absolute Gasteiger partial charge is 0.493 e. The number of anilines is 2. The van der Waals surface area contributed by atoms with Gasteiger partial charge in [-0.2, -0.15) is 0 Å². The summed E-state index contributed by atoms with van der Waals surface area (Å²) in [6.45, 7) is 1.34. The van der Waals surface area contributed by atoms with Crippen LogP contribution in [-0.4, -0.2) is 67.0 Å². The van der Waals surface area contributed by atoms with E-state index in [1.54, 1.807) is 20.4 Å². The van der Waals surface area contributed by atoms with Crippen LogP contribution in [0.5, 0.6) is 17.4 Å². The first kappa shape index (κ1) is 22.9. The molecule has 184 valence electrons. The topological polar surface area (TPSA) is 108 Å². The summed E-state index contributed by atoms with van der Waals surface area (Å²) in [5, 5.41) is 3.92. The van der Waals surface area contributed by atoms with Crippen LogP contribution in [0.4, 0.5) is 11.5 Å². The van der Waals surface area contributed by atoms with Crippen LogP contribution in [-0.2, 0) is 9.53 Å². The summed E-state index contributed by atoms with van der Waals surface area (Å²) in [6, 6.07) is 7.38. The molecule has 35 heavy (non-hydrogen) atoms. The quantitative estimate of drug-likeness (QED) is 0.460. The van der Waals surface area contributed by atoms with E-state index in [1.165, 1.54) is 12.7 Å². The highest BCUT2D eigenvalue weighted by molar-refractivity contribution is 5.92. The van der Waals surface area contributed by atoms with Crippen molar-refractivity contribution in [2.24, 2.45) is 0 Å². The summed E-state index contributed by atoms with van der Waals surface area (Å²) < 4.78 is 22.3. The number of rotatable bonds is 9. The lowest BCUT2D eigenvalue weighted by atomic mass is 9.96. The van der Waals surface area contributed by atoms with E-state index in [0.29, 0.717) is 23.9 Å². The van der Waals surface area contributed by atoms with Crippen molar-refractivity contribution in [3.8, 4) is 17.4 Å². The van der Waals surface area contributed by atoms with Crippen molar-refractivity contribution in [3.63, 3.8) is 0 Å². The van der Waals surface area contributed by atoms with E-state index < -0.39 is 0 Å². The van der Waals surface area contributed by atoms with Crippen LogP contribution < -0.4 is 24.4 Å². The molecular formula is C25H29N5O5. The first-order valence-electron chi connectivity index (χ1n) is 11.8. The average Bonchev–Trinajstić information content (AvgIpc) is 3.32. The van der Waals surface area contributed by atoms with Gasteiger partial charge in [0, 0.05) is 30.5 Å². The van der Waals surface area contributed by atoms with Gasteiger partial charge in [0.1, 0.15) is 30.9 Å². The van der Waals surface area contributed by atoms with Crippen LogP contribution in [0.25, 0.3) is 10.9 Å². The third-order valence-electron chi connectivity index (χ3n) is 6.38. The van der Waals surface area contributed by atoms with Crippen molar-refractivity contribution in [1.29, 1.82) is 0 Å². The van der Waals surface area contributed by atoms with E-state index in [-0.39, 0.29) is 24.7 Å². The molecule has 0 bridgehead atoms. The number of hydrogen-bond donors (Lipinski definition) is 1. The maximum absolute atomic E-state index is 12.4. The van der Waals surface area contributed by atoms with E-state index in [2.05, 4.69) is 25.2 Å². The number of benzene rings is 1. The number of ether oxygens (including phenoxy) is 4. The van der Waals surface area contributed by atoms with Crippen LogP contribution in [0.15, 0.2) is 36.8 Å². The highest BCUT2D eigenvalue weighted by Gasteiger charge is 2.28. The third kappa shape index (κ3) is 5.16. The molecule has 1 aromatic carbocycles. The van der Waals surface area contributed by atoms with Crippen molar-refractivity contribution >= 4 is 28.4 Å². The Morgan fingerprint density at radius 2 is 1.89 bits per heavy atom. The Morgan fingerprint density at radius 1 is 1.06 bits per heavy atom. The Balaban J connectivity index is 1.15. The van der Waals surface area contributed by atoms with Crippen molar-refractivity contribution < 1.29 is 23.7 Å². The Labute approximate surface area is 203 Å². The number of aromatic nitrogens is 3. The minimum absolute atomic E-state index is 0.0639. The van der Waals surface area contributed by atoms with Gasteiger partial charge in [-0.05, 0) is 31.4 Å². The normalized spacial score (nSPS) is 17.7. The van der Waals surface area contributed by atoms with Gasteiger partial charge in [0.25, 0.3) is 0 Å². The molecule has 3 aromatic rings. The number of carbonyl (C=O) groups is 1. The summed E-state index contributed by atoms with van der Waals surface area (Å²) in [6.07, 6.45) is 7.37. The fourth-order valence-electron chi connectivity index (χ4n) is 4.25.